The molecule has 1 aliphatic rings. The van der Waals surface area contributed by atoms with Gasteiger partial charge in [0.15, 0.2) is 5.96 Å². The number of nitrogens with zero attached hydrogens (tertiary/aromatic N) is 2. The first-order valence-electron chi connectivity index (χ1n) is 9.80. The molecule has 0 unspecified atom stereocenters. The number of rotatable bonds is 8. The average Bonchev–Trinajstić information content (AvgIpc) is 2.66. The van der Waals surface area contributed by atoms with Crippen LogP contribution < -0.4 is 10.6 Å². The van der Waals surface area contributed by atoms with Crippen LogP contribution in [0.3, 0.4) is 0 Å². The van der Waals surface area contributed by atoms with E-state index in [4.69, 9.17) is 0 Å². The Balaban J connectivity index is 0.00000450. The first-order valence-corrected chi connectivity index (χ1v) is 11.2. The van der Waals surface area contributed by atoms with Crippen molar-refractivity contribution in [2.24, 2.45) is 10.9 Å². The molecule has 1 aromatic carbocycles. The number of guanidine groups is 1. The molecule has 30 heavy (non-hydrogen) atoms. The largest absolute Gasteiger partial charge is 0.401 e. The molecular formula is C20H31F4IN4S. The van der Waals surface area contributed by atoms with Gasteiger partial charge in [-0.2, -0.15) is 24.9 Å². The SMILES string of the molecule is CN=C(NCCC1CCN(CC(F)(F)F)CC1)NCc1ccc(F)cc1CSC.I. The predicted octanol–water partition coefficient (Wildman–Crippen LogP) is 4.64. The van der Waals surface area contributed by atoms with Crippen molar-refractivity contribution < 1.29 is 17.6 Å². The van der Waals surface area contributed by atoms with Crippen LogP contribution in [0.2, 0.25) is 0 Å². The molecule has 10 heteroatoms. The van der Waals surface area contributed by atoms with Crippen molar-refractivity contribution in [3.05, 3.63) is 35.1 Å². The topological polar surface area (TPSA) is 39.7 Å². The van der Waals surface area contributed by atoms with Crippen molar-refractivity contribution in [3.8, 4) is 0 Å². The van der Waals surface area contributed by atoms with Crippen LogP contribution in [0.25, 0.3) is 0 Å². The Morgan fingerprint density at radius 1 is 1.20 bits per heavy atom. The molecule has 0 spiro atoms. The number of benzene rings is 1. The smallest absolute Gasteiger partial charge is 0.356 e. The lowest BCUT2D eigenvalue weighted by molar-refractivity contribution is -0.148. The van der Waals surface area contributed by atoms with Gasteiger partial charge in [0.25, 0.3) is 0 Å². The van der Waals surface area contributed by atoms with Crippen LogP contribution in [-0.4, -0.2) is 56.5 Å². The minimum atomic E-state index is -4.12. The predicted molar refractivity (Wildman–Crippen MR) is 127 cm³/mol. The summed E-state index contributed by atoms with van der Waals surface area (Å²) >= 11 is 1.64. The number of hydrogen-bond acceptors (Lipinski definition) is 3. The lowest BCUT2D eigenvalue weighted by Gasteiger charge is -2.32. The molecule has 1 heterocycles. The highest BCUT2D eigenvalue weighted by Crippen LogP contribution is 2.24. The third kappa shape index (κ3) is 10.0. The zero-order valence-corrected chi connectivity index (χ0v) is 20.5. The van der Waals surface area contributed by atoms with Gasteiger partial charge in [0.2, 0.25) is 0 Å². The molecule has 0 bridgehead atoms. The summed E-state index contributed by atoms with van der Waals surface area (Å²) in [7, 11) is 1.69. The summed E-state index contributed by atoms with van der Waals surface area (Å²) < 4.78 is 50.8. The van der Waals surface area contributed by atoms with E-state index >= 15 is 0 Å². The van der Waals surface area contributed by atoms with E-state index in [1.807, 2.05) is 6.26 Å². The lowest BCUT2D eigenvalue weighted by atomic mass is 9.93. The van der Waals surface area contributed by atoms with Crippen LogP contribution in [0.15, 0.2) is 23.2 Å². The molecule has 1 aliphatic heterocycles. The maximum Gasteiger partial charge on any atom is 0.401 e. The van der Waals surface area contributed by atoms with Gasteiger partial charge < -0.3 is 10.6 Å². The molecule has 0 atom stereocenters. The Hall–Kier alpha value is -0.750. The summed E-state index contributed by atoms with van der Waals surface area (Å²) in [6.45, 7) is 1.45. The summed E-state index contributed by atoms with van der Waals surface area (Å²) in [5.41, 5.74) is 1.99. The molecule has 0 radical (unpaired) electrons. The van der Waals surface area contributed by atoms with Gasteiger partial charge in [-0.15, -0.1) is 24.0 Å². The Morgan fingerprint density at radius 2 is 1.90 bits per heavy atom. The molecule has 0 saturated carbocycles. The van der Waals surface area contributed by atoms with Gasteiger partial charge in [-0.05, 0) is 67.8 Å². The lowest BCUT2D eigenvalue weighted by Crippen LogP contribution is -2.41. The van der Waals surface area contributed by atoms with Crippen LogP contribution in [0.1, 0.15) is 30.4 Å². The summed E-state index contributed by atoms with van der Waals surface area (Å²) in [5.74, 6) is 1.60. The monoisotopic (exact) mass is 562 g/mol. The van der Waals surface area contributed by atoms with Crippen LogP contribution in [0, 0.1) is 11.7 Å². The van der Waals surface area contributed by atoms with Crippen molar-refractivity contribution in [3.63, 3.8) is 0 Å². The van der Waals surface area contributed by atoms with Crippen LogP contribution >= 0.6 is 35.7 Å². The van der Waals surface area contributed by atoms with Gasteiger partial charge in [-0.1, -0.05) is 6.07 Å². The second kappa shape index (κ2) is 13.6. The number of alkyl halides is 3. The Bertz CT molecular complexity index is 665. The van der Waals surface area contributed by atoms with Crippen LogP contribution in [0.4, 0.5) is 17.6 Å². The van der Waals surface area contributed by atoms with Gasteiger partial charge in [0, 0.05) is 25.9 Å². The standard InChI is InChI=1S/C20H30F4N4S.HI/c1-25-19(27-12-16-3-4-18(21)11-17(16)13-29-2)26-8-5-15-6-9-28(10-7-15)14-20(22,23)24;/h3-4,11,15H,5-10,12-14H2,1-2H3,(H2,25,26,27);1H. The number of likely N-dealkylation sites (tertiary alicyclic amines) is 1. The molecule has 4 nitrogen and oxygen atoms in total. The molecular weight excluding hydrogens is 531 g/mol. The van der Waals surface area contributed by atoms with E-state index in [9.17, 15) is 17.6 Å². The first-order chi connectivity index (χ1) is 13.8. The molecule has 0 amide bonds. The summed E-state index contributed by atoms with van der Waals surface area (Å²) in [5, 5.41) is 6.51. The van der Waals surface area contributed by atoms with E-state index in [0.717, 1.165) is 36.1 Å². The van der Waals surface area contributed by atoms with E-state index in [2.05, 4.69) is 15.6 Å². The van der Waals surface area contributed by atoms with Crippen molar-refractivity contribution in [1.82, 2.24) is 15.5 Å². The number of nitrogens with one attached hydrogen (secondary N) is 2. The van der Waals surface area contributed by atoms with Crippen molar-refractivity contribution in [2.45, 2.75) is 37.7 Å². The number of thioether (sulfide) groups is 1. The molecule has 172 valence electrons. The highest BCUT2D eigenvalue weighted by Gasteiger charge is 2.32. The normalized spacial score (nSPS) is 16.3. The molecule has 1 fully saturated rings. The van der Waals surface area contributed by atoms with Crippen LogP contribution in [-0.2, 0) is 12.3 Å². The van der Waals surface area contributed by atoms with Crippen LogP contribution in [0.5, 0.6) is 0 Å². The van der Waals surface area contributed by atoms with Gasteiger partial charge in [-0.3, -0.25) is 9.89 Å². The molecule has 0 aliphatic carbocycles. The zero-order chi connectivity index (χ0) is 21.3. The van der Waals surface area contributed by atoms with Gasteiger partial charge >= 0.3 is 6.18 Å². The van der Waals surface area contributed by atoms with E-state index in [0.29, 0.717) is 38.1 Å². The van der Waals surface area contributed by atoms with E-state index in [-0.39, 0.29) is 29.8 Å². The van der Waals surface area contributed by atoms with E-state index in [1.54, 1.807) is 30.9 Å². The molecule has 2 rings (SSSR count). The second-order valence-corrected chi connectivity index (χ2v) is 8.19. The van der Waals surface area contributed by atoms with Gasteiger partial charge in [0.05, 0.1) is 6.54 Å². The first kappa shape index (κ1) is 27.3. The highest BCUT2D eigenvalue weighted by atomic mass is 127. The Morgan fingerprint density at radius 3 is 2.50 bits per heavy atom. The number of aliphatic imine (C=N–C) groups is 1. The van der Waals surface area contributed by atoms with Crippen molar-refractivity contribution in [1.29, 1.82) is 0 Å². The second-order valence-electron chi connectivity index (χ2n) is 7.32. The van der Waals surface area contributed by atoms with Crippen molar-refractivity contribution in [2.75, 3.05) is 39.5 Å². The maximum atomic E-state index is 13.5. The fraction of sp³-hybridized carbons (Fsp3) is 0.650. The summed E-state index contributed by atoms with van der Waals surface area (Å²) in [6, 6.07) is 4.81. The number of halogens is 5. The highest BCUT2D eigenvalue weighted by molar-refractivity contribution is 14.0. The van der Waals surface area contributed by atoms with E-state index in [1.165, 1.54) is 11.0 Å². The Labute approximate surface area is 197 Å². The fourth-order valence-corrected chi connectivity index (χ4v) is 4.12. The minimum Gasteiger partial charge on any atom is -0.356 e. The molecule has 1 saturated heterocycles. The van der Waals surface area contributed by atoms with Gasteiger partial charge in [0.1, 0.15) is 5.82 Å². The number of piperidine rings is 1. The molecule has 0 aromatic heterocycles. The summed E-state index contributed by atoms with van der Waals surface area (Å²) in [6.07, 6.45) is 0.340. The average molecular weight is 562 g/mol. The fourth-order valence-electron chi connectivity index (χ4n) is 3.54. The maximum absolute atomic E-state index is 13.5. The quantitative estimate of drug-likeness (QED) is 0.210. The Kier molecular flexibility index (Phi) is 12.4. The van der Waals surface area contributed by atoms with Gasteiger partial charge in [-0.25, -0.2) is 4.39 Å². The van der Waals surface area contributed by atoms with E-state index < -0.39 is 12.7 Å². The zero-order valence-electron chi connectivity index (χ0n) is 17.4. The molecule has 1 aromatic rings. The van der Waals surface area contributed by atoms with Crippen molar-refractivity contribution >= 4 is 41.7 Å². The summed E-state index contributed by atoms with van der Waals surface area (Å²) in [4.78, 5) is 5.70. The third-order valence-corrected chi connectivity index (χ3v) is 5.69. The minimum absolute atomic E-state index is 0. The number of hydrogen-bond donors (Lipinski definition) is 2. The molecule has 2 N–H and O–H groups in total. The third-order valence-electron chi connectivity index (χ3n) is 5.09.